The van der Waals surface area contributed by atoms with Gasteiger partial charge < -0.3 is 19.7 Å². The zero-order valence-electron chi connectivity index (χ0n) is 18.6. The van der Waals surface area contributed by atoms with Crippen molar-refractivity contribution in [1.29, 1.82) is 0 Å². The largest absolute Gasteiger partial charge is 0.353 e. The molecule has 0 spiro atoms. The molecule has 0 saturated carbocycles. The number of hydrogen-bond acceptors (Lipinski definition) is 6. The van der Waals surface area contributed by atoms with E-state index in [4.69, 9.17) is 0 Å². The van der Waals surface area contributed by atoms with Gasteiger partial charge in [-0.1, -0.05) is 6.92 Å². The lowest BCUT2D eigenvalue weighted by atomic mass is 10.0. The van der Waals surface area contributed by atoms with Crippen LogP contribution in [0.4, 0.5) is 5.82 Å². The molecule has 0 aliphatic carbocycles. The Kier molecular flexibility index (Phi) is 9.48. The summed E-state index contributed by atoms with van der Waals surface area (Å²) in [5.74, 6) is 0.746. The van der Waals surface area contributed by atoms with E-state index < -0.39 is 0 Å². The van der Waals surface area contributed by atoms with E-state index >= 15 is 0 Å². The number of halogens is 2. The maximum absolute atomic E-state index is 13.3. The number of piperidine rings is 1. The molecule has 8 nitrogen and oxygen atoms in total. The van der Waals surface area contributed by atoms with Crippen LogP contribution in [0.15, 0.2) is 29.5 Å². The van der Waals surface area contributed by atoms with Crippen molar-refractivity contribution >= 4 is 36.5 Å². The Balaban J connectivity index is 0.00000181. The molecule has 1 amide bonds. The molecule has 176 valence electrons. The monoisotopic (exact) mass is 482 g/mol. The van der Waals surface area contributed by atoms with E-state index in [0.717, 1.165) is 49.4 Å². The van der Waals surface area contributed by atoms with Crippen LogP contribution in [0.2, 0.25) is 0 Å². The van der Waals surface area contributed by atoms with Gasteiger partial charge in [0.15, 0.2) is 0 Å². The van der Waals surface area contributed by atoms with Crippen molar-refractivity contribution in [2.24, 2.45) is 0 Å². The third kappa shape index (κ3) is 5.42. The summed E-state index contributed by atoms with van der Waals surface area (Å²) < 4.78 is 1.77. The number of aromatic nitrogens is 3. The van der Waals surface area contributed by atoms with Gasteiger partial charge >= 0.3 is 0 Å². The third-order valence-electron chi connectivity index (χ3n) is 6.21. The van der Waals surface area contributed by atoms with Crippen LogP contribution in [0.1, 0.15) is 47.4 Å². The Bertz CT molecular complexity index is 969. The molecule has 0 aromatic carbocycles. The zero-order valence-corrected chi connectivity index (χ0v) is 20.3. The van der Waals surface area contributed by atoms with E-state index in [0.29, 0.717) is 31.7 Å². The first-order valence-electron chi connectivity index (χ1n) is 10.9. The second kappa shape index (κ2) is 11.6. The summed E-state index contributed by atoms with van der Waals surface area (Å²) in [5, 5.41) is 3.32. The van der Waals surface area contributed by atoms with E-state index in [9.17, 15) is 9.59 Å². The van der Waals surface area contributed by atoms with E-state index in [2.05, 4.69) is 27.1 Å². The highest BCUT2D eigenvalue weighted by molar-refractivity contribution is 5.95. The van der Waals surface area contributed by atoms with Crippen molar-refractivity contribution in [3.63, 3.8) is 0 Å². The predicted molar refractivity (Wildman–Crippen MR) is 131 cm³/mol. The second-order valence-electron chi connectivity index (χ2n) is 8.07. The van der Waals surface area contributed by atoms with Crippen LogP contribution in [0, 0.1) is 6.92 Å². The van der Waals surface area contributed by atoms with Crippen LogP contribution in [0.3, 0.4) is 0 Å². The topological polar surface area (TPSA) is 83.4 Å². The lowest BCUT2D eigenvalue weighted by molar-refractivity contribution is 0.0743. The number of anilines is 1. The van der Waals surface area contributed by atoms with E-state index in [1.54, 1.807) is 15.8 Å². The molecule has 2 aliphatic rings. The molecule has 2 aromatic rings. The van der Waals surface area contributed by atoms with Crippen molar-refractivity contribution in [3.05, 3.63) is 51.8 Å². The first-order valence-corrected chi connectivity index (χ1v) is 10.9. The number of carbonyl (C=O) groups is 1. The highest BCUT2D eigenvalue weighted by Crippen LogP contribution is 2.19. The van der Waals surface area contributed by atoms with Crippen molar-refractivity contribution < 1.29 is 4.79 Å². The van der Waals surface area contributed by atoms with Gasteiger partial charge in [0.25, 0.3) is 11.5 Å². The molecule has 4 heterocycles. The summed E-state index contributed by atoms with van der Waals surface area (Å²) in [6, 6.07) is 4.07. The summed E-state index contributed by atoms with van der Waals surface area (Å²) in [7, 11) is 0. The Morgan fingerprint density at radius 3 is 2.47 bits per heavy atom. The number of nitrogens with one attached hydrogen (secondary N) is 1. The standard InChI is InChI=1S/C22H30N6O2.2ClH/c1-3-17-14-19(25-15-24-17)26-10-12-27(13-11-26)21(29)20-16(2)6-9-28(22(20)30)18-4-7-23-8-5-18;;/h6,9,14-15,18,23H,3-5,7-8,10-13H2,1-2H3;2*1H. The molecule has 0 radical (unpaired) electrons. The highest BCUT2D eigenvalue weighted by Gasteiger charge is 2.27. The van der Waals surface area contributed by atoms with Crippen LogP contribution in [0.25, 0.3) is 0 Å². The van der Waals surface area contributed by atoms with Gasteiger partial charge in [0.1, 0.15) is 17.7 Å². The SMILES string of the molecule is CCc1cc(N2CCN(C(=O)c3c(C)ccn(C4CCNCC4)c3=O)CC2)ncn1.Cl.Cl. The number of hydrogen-bond donors (Lipinski definition) is 1. The number of piperazine rings is 1. The molecule has 10 heteroatoms. The maximum Gasteiger partial charge on any atom is 0.263 e. The van der Waals surface area contributed by atoms with Crippen LogP contribution in [0.5, 0.6) is 0 Å². The fourth-order valence-electron chi connectivity index (χ4n) is 4.32. The smallest absolute Gasteiger partial charge is 0.263 e. The number of pyridine rings is 1. The first kappa shape index (κ1) is 26.1. The summed E-state index contributed by atoms with van der Waals surface area (Å²) >= 11 is 0. The van der Waals surface area contributed by atoms with Gasteiger partial charge in [-0.2, -0.15) is 0 Å². The minimum absolute atomic E-state index is 0. The lowest BCUT2D eigenvalue weighted by Crippen LogP contribution is -2.50. The van der Waals surface area contributed by atoms with Crippen molar-refractivity contribution in [2.75, 3.05) is 44.2 Å². The molecule has 0 bridgehead atoms. The van der Waals surface area contributed by atoms with Crippen LogP contribution >= 0.6 is 24.8 Å². The van der Waals surface area contributed by atoms with E-state index in [1.807, 2.05) is 25.3 Å². The van der Waals surface area contributed by atoms with Gasteiger partial charge in [0.05, 0.1) is 0 Å². The quantitative estimate of drug-likeness (QED) is 0.719. The number of carbonyl (C=O) groups excluding carboxylic acids is 1. The van der Waals surface area contributed by atoms with E-state index in [-0.39, 0.29) is 42.3 Å². The average molecular weight is 483 g/mol. The fourth-order valence-corrected chi connectivity index (χ4v) is 4.32. The van der Waals surface area contributed by atoms with E-state index in [1.165, 1.54) is 0 Å². The maximum atomic E-state index is 13.3. The minimum atomic E-state index is -0.155. The lowest BCUT2D eigenvalue weighted by Gasteiger charge is -2.35. The molecular weight excluding hydrogens is 451 g/mol. The average Bonchev–Trinajstić information content (AvgIpc) is 2.80. The van der Waals surface area contributed by atoms with Gasteiger partial charge in [0, 0.05) is 50.2 Å². The minimum Gasteiger partial charge on any atom is -0.353 e. The third-order valence-corrected chi connectivity index (χ3v) is 6.21. The number of aryl methyl sites for hydroxylation is 2. The molecule has 2 saturated heterocycles. The van der Waals surface area contributed by atoms with Gasteiger partial charge in [-0.25, -0.2) is 9.97 Å². The van der Waals surface area contributed by atoms with Crippen LogP contribution in [-0.4, -0.2) is 64.6 Å². The molecule has 0 unspecified atom stereocenters. The van der Waals surface area contributed by atoms with Gasteiger partial charge in [-0.3, -0.25) is 9.59 Å². The van der Waals surface area contributed by atoms with Crippen LogP contribution in [-0.2, 0) is 6.42 Å². The van der Waals surface area contributed by atoms with Gasteiger partial charge in [-0.15, -0.1) is 24.8 Å². The number of amides is 1. The molecule has 0 atom stereocenters. The molecule has 2 aromatic heterocycles. The summed E-state index contributed by atoms with van der Waals surface area (Å²) in [4.78, 5) is 39.1. The molecule has 32 heavy (non-hydrogen) atoms. The summed E-state index contributed by atoms with van der Waals surface area (Å²) in [5.41, 5.74) is 1.93. The Morgan fingerprint density at radius 1 is 1.12 bits per heavy atom. The van der Waals surface area contributed by atoms with Gasteiger partial charge in [0.2, 0.25) is 0 Å². The predicted octanol–water partition coefficient (Wildman–Crippen LogP) is 2.24. The molecule has 4 rings (SSSR count). The molecular formula is C22H32Cl2N6O2. The van der Waals surface area contributed by atoms with Crippen molar-refractivity contribution in [2.45, 2.75) is 39.2 Å². The highest BCUT2D eigenvalue weighted by atomic mass is 35.5. The first-order chi connectivity index (χ1) is 14.6. The van der Waals surface area contributed by atoms with Crippen molar-refractivity contribution in [3.8, 4) is 0 Å². The molecule has 2 fully saturated rings. The Morgan fingerprint density at radius 2 is 1.81 bits per heavy atom. The molecule has 2 aliphatic heterocycles. The van der Waals surface area contributed by atoms with Gasteiger partial charge in [-0.05, 0) is 50.9 Å². The second-order valence-corrected chi connectivity index (χ2v) is 8.07. The van der Waals surface area contributed by atoms with Crippen molar-refractivity contribution in [1.82, 2.24) is 24.8 Å². The summed E-state index contributed by atoms with van der Waals surface area (Å²) in [6.45, 7) is 8.27. The Hall–Kier alpha value is -2.16. The van der Waals surface area contributed by atoms with Crippen LogP contribution < -0.4 is 15.8 Å². The summed E-state index contributed by atoms with van der Waals surface area (Å²) in [6.07, 6.45) is 6.14. The Labute approximate surface area is 201 Å². The fraction of sp³-hybridized carbons (Fsp3) is 0.545. The zero-order chi connectivity index (χ0) is 21.1. The normalized spacial score (nSPS) is 16.8. The molecule has 1 N–H and O–H groups in total. The number of rotatable bonds is 4. The number of nitrogens with zero attached hydrogens (tertiary/aromatic N) is 5.